The summed E-state index contributed by atoms with van der Waals surface area (Å²) in [4.78, 5) is 0. The van der Waals surface area contributed by atoms with Crippen molar-refractivity contribution < 1.29 is 0 Å². The van der Waals surface area contributed by atoms with Crippen LogP contribution in [0.5, 0.6) is 0 Å². The maximum atomic E-state index is 8.54. The summed E-state index contributed by atoms with van der Waals surface area (Å²) < 4.78 is 0. The number of aryl methyl sites for hydroxylation is 2. The Balaban J connectivity index is 2.83. The van der Waals surface area contributed by atoms with Gasteiger partial charge in [-0.25, -0.2) is 0 Å². The van der Waals surface area contributed by atoms with Crippen LogP contribution in [0.4, 0.5) is 0 Å². The minimum Gasteiger partial charge on any atom is -0.198 e. The molecule has 0 spiro atoms. The van der Waals surface area contributed by atoms with E-state index in [0.29, 0.717) is 12.3 Å². The minimum atomic E-state index is 0.495. The van der Waals surface area contributed by atoms with Gasteiger partial charge in [0.25, 0.3) is 0 Å². The predicted molar refractivity (Wildman–Crippen MR) is 59.2 cm³/mol. The van der Waals surface area contributed by atoms with Gasteiger partial charge in [0.15, 0.2) is 0 Å². The molecule has 74 valence electrons. The van der Waals surface area contributed by atoms with Gasteiger partial charge in [-0.15, -0.1) is 0 Å². The average Bonchev–Trinajstić information content (AvgIpc) is 2.18. The van der Waals surface area contributed by atoms with Crippen molar-refractivity contribution in [2.75, 3.05) is 0 Å². The fourth-order valence-corrected chi connectivity index (χ4v) is 1.73. The van der Waals surface area contributed by atoms with E-state index in [9.17, 15) is 0 Å². The number of rotatable bonds is 3. The number of benzene rings is 1. The maximum absolute atomic E-state index is 8.54. The molecule has 1 atom stereocenters. The van der Waals surface area contributed by atoms with E-state index < -0.39 is 0 Å². The Morgan fingerprint density at radius 3 is 2.71 bits per heavy atom. The zero-order chi connectivity index (χ0) is 10.6. The van der Waals surface area contributed by atoms with Gasteiger partial charge in [-0.05, 0) is 37.3 Å². The molecule has 0 amide bonds. The third-order valence-corrected chi connectivity index (χ3v) is 2.65. The smallest absolute Gasteiger partial charge is 0.0621 e. The van der Waals surface area contributed by atoms with Gasteiger partial charge in [-0.1, -0.05) is 30.7 Å². The molecule has 0 N–H and O–H groups in total. The van der Waals surface area contributed by atoms with Gasteiger partial charge in [0.1, 0.15) is 0 Å². The number of nitrogens with zero attached hydrogens (tertiary/aromatic N) is 1. The summed E-state index contributed by atoms with van der Waals surface area (Å²) in [6, 6.07) is 8.73. The van der Waals surface area contributed by atoms with E-state index in [-0.39, 0.29) is 0 Å². The predicted octanol–water partition coefficient (Wildman–Crippen LogP) is 3.71. The quantitative estimate of drug-likeness (QED) is 0.707. The molecule has 14 heavy (non-hydrogen) atoms. The van der Waals surface area contributed by atoms with Crippen molar-refractivity contribution in [1.82, 2.24) is 0 Å². The Morgan fingerprint density at radius 2 is 2.07 bits per heavy atom. The molecule has 1 heteroatoms. The summed E-state index contributed by atoms with van der Waals surface area (Å²) in [6.07, 6.45) is 1.61. The number of nitriles is 1. The number of hydrogen-bond acceptors (Lipinski definition) is 1. The second kappa shape index (κ2) is 4.81. The first-order chi connectivity index (χ1) is 6.65. The SMILES string of the molecule is Cc1ccc(C)c(C(C)CCC#N)c1. The van der Waals surface area contributed by atoms with Crippen LogP contribution in [0, 0.1) is 25.2 Å². The molecule has 0 aliphatic heterocycles. The molecular weight excluding hydrogens is 170 g/mol. The average molecular weight is 187 g/mol. The molecule has 0 saturated heterocycles. The van der Waals surface area contributed by atoms with E-state index in [1.807, 2.05) is 0 Å². The summed E-state index contributed by atoms with van der Waals surface area (Å²) >= 11 is 0. The highest BCUT2D eigenvalue weighted by Gasteiger charge is 2.07. The van der Waals surface area contributed by atoms with Crippen molar-refractivity contribution >= 4 is 0 Å². The highest BCUT2D eigenvalue weighted by atomic mass is 14.2. The van der Waals surface area contributed by atoms with Crippen LogP contribution < -0.4 is 0 Å². The molecule has 1 unspecified atom stereocenters. The largest absolute Gasteiger partial charge is 0.198 e. The lowest BCUT2D eigenvalue weighted by atomic mass is 9.91. The normalized spacial score (nSPS) is 12.1. The van der Waals surface area contributed by atoms with Crippen LogP contribution in [0.3, 0.4) is 0 Å². The van der Waals surface area contributed by atoms with Gasteiger partial charge in [0.05, 0.1) is 6.07 Å². The van der Waals surface area contributed by atoms with Gasteiger partial charge < -0.3 is 0 Å². The first-order valence-electron chi connectivity index (χ1n) is 5.09. The van der Waals surface area contributed by atoms with Gasteiger partial charge >= 0.3 is 0 Å². The fourth-order valence-electron chi connectivity index (χ4n) is 1.73. The zero-order valence-corrected chi connectivity index (χ0v) is 9.17. The van der Waals surface area contributed by atoms with Crippen molar-refractivity contribution in [2.24, 2.45) is 0 Å². The summed E-state index contributed by atoms with van der Waals surface area (Å²) in [5, 5.41) is 8.54. The second-order valence-electron chi connectivity index (χ2n) is 3.96. The van der Waals surface area contributed by atoms with Gasteiger partial charge in [-0.2, -0.15) is 5.26 Å². The van der Waals surface area contributed by atoms with Crippen molar-refractivity contribution in [2.45, 2.75) is 39.5 Å². The third-order valence-electron chi connectivity index (χ3n) is 2.65. The van der Waals surface area contributed by atoms with Crippen molar-refractivity contribution in [3.63, 3.8) is 0 Å². The van der Waals surface area contributed by atoms with Crippen molar-refractivity contribution in [3.05, 3.63) is 34.9 Å². The van der Waals surface area contributed by atoms with Gasteiger partial charge in [0.2, 0.25) is 0 Å². The van der Waals surface area contributed by atoms with E-state index in [1.165, 1.54) is 16.7 Å². The van der Waals surface area contributed by atoms with E-state index in [2.05, 4.69) is 45.0 Å². The molecule has 0 aliphatic rings. The monoisotopic (exact) mass is 187 g/mol. The van der Waals surface area contributed by atoms with E-state index in [4.69, 9.17) is 5.26 Å². The molecule has 0 fully saturated rings. The van der Waals surface area contributed by atoms with Gasteiger partial charge in [-0.3, -0.25) is 0 Å². The zero-order valence-electron chi connectivity index (χ0n) is 9.17. The Kier molecular flexibility index (Phi) is 3.71. The molecule has 1 nitrogen and oxygen atoms in total. The lowest BCUT2D eigenvalue weighted by Gasteiger charge is -2.13. The van der Waals surface area contributed by atoms with Crippen LogP contribution in [0.1, 0.15) is 42.4 Å². The Morgan fingerprint density at radius 1 is 1.36 bits per heavy atom. The topological polar surface area (TPSA) is 23.8 Å². The Labute approximate surface area is 86.4 Å². The molecule has 0 aliphatic carbocycles. The maximum Gasteiger partial charge on any atom is 0.0621 e. The summed E-state index contributed by atoms with van der Waals surface area (Å²) in [6.45, 7) is 6.44. The Hall–Kier alpha value is -1.29. The highest BCUT2D eigenvalue weighted by molar-refractivity contribution is 5.32. The molecule has 0 bridgehead atoms. The summed E-state index contributed by atoms with van der Waals surface area (Å²) in [5.74, 6) is 0.495. The highest BCUT2D eigenvalue weighted by Crippen LogP contribution is 2.24. The van der Waals surface area contributed by atoms with Gasteiger partial charge in [0, 0.05) is 6.42 Å². The third kappa shape index (κ3) is 2.60. The molecule has 0 heterocycles. The van der Waals surface area contributed by atoms with Crippen LogP contribution >= 0.6 is 0 Å². The minimum absolute atomic E-state index is 0.495. The summed E-state index contributed by atoms with van der Waals surface area (Å²) in [7, 11) is 0. The second-order valence-corrected chi connectivity index (χ2v) is 3.96. The fraction of sp³-hybridized carbons (Fsp3) is 0.462. The molecule has 0 aromatic heterocycles. The number of hydrogen-bond donors (Lipinski definition) is 0. The molecule has 1 rings (SSSR count). The van der Waals surface area contributed by atoms with Crippen molar-refractivity contribution in [1.29, 1.82) is 5.26 Å². The van der Waals surface area contributed by atoms with E-state index in [1.54, 1.807) is 0 Å². The Bertz CT molecular complexity index is 347. The van der Waals surface area contributed by atoms with Crippen LogP contribution in [0.2, 0.25) is 0 Å². The van der Waals surface area contributed by atoms with Crippen LogP contribution in [-0.2, 0) is 0 Å². The van der Waals surface area contributed by atoms with Crippen LogP contribution in [-0.4, -0.2) is 0 Å². The first kappa shape index (κ1) is 10.8. The molecular formula is C13H17N. The lowest BCUT2D eigenvalue weighted by Crippen LogP contribution is -1.97. The molecule has 0 radical (unpaired) electrons. The van der Waals surface area contributed by atoms with E-state index >= 15 is 0 Å². The van der Waals surface area contributed by atoms with Crippen molar-refractivity contribution in [3.8, 4) is 6.07 Å². The first-order valence-corrected chi connectivity index (χ1v) is 5.09. The van der Waals surface area contributed by atoms with Crippen LogP contribution in [0.15, 0.2) is 18.2 Å². The standard InChI is InChI=1S/C13H17N/c1-10-6-7-12(3)13(9-10)11(2)5-4-8-14/h6-7,9,11H,4-5H2,1-3H3. The summed E-state index contributed by atoms with van der Waals surface area (Å²) in [5.41, 5.74) is 4.02. The molecule has 1 aromatic carbocycles. The van der Waals surface area contributed by atoms with E-state index in [0.717, 1.165) is 6.42 Å². The van der Waals surface area contributed by atoms with Crippen LogP contribution in [0.25, 0.3) is 0 Å². The lowest BCUT2D eigenvalue weighted by molar-refractivity contribution is 0.690. The molecule has 0 saturated carbocycles. The molecule has 1 aromatic rings.